The molecule has 33 heavy (non-hydrogen) atoms. The normalized spacial score (nSPS) is 13.3. The number of rotatable bonds is 12. The number of carbonyl (C=O) groups is 4. The van der Waals surface area contributed by atoms with E-state index in [-0.39, 0.29) is 12.2 Å². The fraction of sp³-hybridized carbons (Fsp3) is 0.304. The highest BCUT2D eigenvalue weighted by atomic mass is 32.1. The van der Waals surface area contributed by atoms with Gasteiger partial charge in [-0.2, -0.15) is 12.6 Å². The minimum atomic E-state index is -1.23. The van der Waals surface area contributed by atoms with Crippen molar-refractivity contribution in [2.75, 3.05) is 12.3 Å². The summed E-state index contributed by atoms with van der Waals surface area (Å²) in [5.74, 6) is -3.10. The predicted molar refractivity (Wildman–Crippen MR) is 127 cm³/mol. The molecule has 0 aliphatic rings. The van der Waals surface area contributed by atoms with Gasteiger partial charge in [-0.05, 0) is 17.5 Å². The van der Waals surface area contributed by atoms with Gasteiger partial charge in [0.25, 0.3) is 0 Å². The van der Waals surface area contributed by atoms with Crippen molar-refractivity contribution in [3.8, 4) is 0 Å². The second-order valence-corrected chi connectivity index (χ2v) is 7.77. The van der Waals surface area contributed by atoms with Crippen molar-refractivity contribution in [2.24, 2.45) is 5.73 Å². The molecular weight excluding hydrogens is 444 g/mol. The minimum absolute atomic E-state index is 0.0962. The summed E-state index contributed by atoms with van der Waals surface area (Å²) in [5, 5.41) is 16.4. The Balaban J connectivity index is 2.01. The first-order chi connectivity index (χ1) is 15.8. The molecular formula is C23H28N4O5S. The molecule has 2 aromatic rings. The number of aliphatic carboxylic acids is 1. The number of carboxylic acids is 1. The largest absolute Gasteiger partial charge is 0.480 e. The number of amides is 3. The molecule has 176 valence electrons. The summed E-state index contributed by atoms with van der Waals surface area (Å²) < 4.78 is 0. The first kappa shape index (κ1) is 25.9. The molecule has 3 unspecified atom stereocenters. The minimum Gasteiger partial charge on any atom is -0.480 e. The fourth-order valence-electron chi connectivity index (χ4n) is 3.02. The van der Waals surface area contributed by atoms with Crippen LogP contribution in [0.1, 0.15) is 11.1 Å². The zero-order valence-electron chi connectivity index (χ0n) is 17.9. The van der Waals surface area contributed by atoms with Crippen LogP contribution in [-0.4, -0.2) is 59.2 Å². The van der Waals surface area contributed by atoms with Crippen LogP contribution >= 0.6 is 12.6 Å². The highest BCUT2D eigenvalue weighted by Crippen LogP contribution is 2.06. The molecule has 0 aliphatic heterocycles. The summed E-state index contributed by atoms with van der Waals surface area (Å²) in [4.78, 5) is 48.5. The molecule has 0 aromatic heterocycles. The van der Waals surface area contributed by atoms with Crippen LogP contribution in [0.15, 0.2) is 60.7 Å². The Labute approximate surface area is 197 Å². The predicted octanol–water partition coefficient (Wildman–Crippen LogP) is -0.101. The monoisotopic (exact) mass is 472 g/mol. The van der Waals surface area contributed by atoms with Gasteiger partial charge in [0.1, 0.15) is 12.1 Å². The fourth-order valence-corrected chi connectivity index (χ4v) is 3.27. The molecule has 0 saturated carbocycles. The zero-order chi connectivity index (χ0) is 24.2. The van der Waals surface area contributed by atoms with Crippen LogP contribution < -0.4 is 21.7 Å². The first-order valence-electron chi connectivity index (χ1n) is 10.3. The Bertz CT molecular complexity index is 942. The second-order valence-electron chi connectivity index (χ2n) is 7.41. The van der Waals surface area contributed by atoms with Crippen LogP contribution in [0.4, 0.5) is 0 Å². The van der Waals surface area contributed by atoms with Crippen LogP contribution in [0.3, 0.4) is 0 Å². The maximum absolute atomic E-state index is 12.8. The van der Waals surface area contributed by atoms with Crippen molar-refractivity contribution in [3.63, 3.8) is 0 Å². The first-order valence-corrected chi connectivity index (χ1v) is 11.0. The summed E-state index contributed by atoms with van der Waals surface area (Å²) in [6.45, 7) is -0.451. The quantitative estimate of drug-likeness (QED) is 0.238. The van der Waals surface area contributed by atoms with Crippen molar-refractivity contribution < 1.29 is 24.3 Å². The molecule has 2 aromatic carbocycles. The number of hydrogen-bond acceptors (Lipinski definition) is 6. The third kappa shape index (κ3) is 8.95. The van der Waals surface area contributed by atoms with Gasteiger partial charge in [0.2, 0.25) is 17.7 Å². The summed E-state index contributed by atoms with van der Waals surface area (Å²) in [7, 11) is 0. The number of hydrogen-bond donors (Lipinski definition) is 6. The Morgan fingerprint density at radius 1 is 0.818 bits per heavy atom. The van der Waals surface area contributed by atoms with Crippen molar-refractivity contribution in [3.05, 3.63) is 71.8 Å². The summed E-state index contributed by atoms with van der Waals surface area (Å²) in [6.07, 6.45) is 0.488. The van der Waals surface area contributed by atoms with E-state index >= 15 is 0 Å². The number of nitrogens with one attached hydrogen (secondary N) is 3. The Hall–Kier alpha value is -3.37. The number of benzene rings is 2. The van der Waals surface area contributed by atoms with Gasteiger partial charge in [-0.1, -0.05) is 60.7 Å². The Morgan fingerprint density at radius 3 is 1.88 bits per heavy atom. The lowest BCUT2D eigenvalue weighted by atomic mass is 10.0. The van der Waals surface area contributed by atoms with Gasteiger partial charge in [-0.25, -0.2) is 4.79 Å². The summed E-state index contributed by atoms with van der Waals surface area (Å²) in [5.41, 5.74) is 7.73. The molecule has 0 aliphatic carbocycles. The van der Waals surface area contributed by atoms with Gasteiger partial charge >= 0.3 is 5.97 Å². The number of thiol groups is 1. The smallest absolute Gasteiger partial charge is 0.327 e. The molecule has 0 radical (unpaired) electrons. The molecule has 0 bridgehead atoms. The lowest BCUT2D eigenvalue weighted by Crippen LogP contribution is -2.54. The molecule has 0 fully saturated rings. The SMILES string of the molecule is NC(Cc1ccccc1)C(=O)NC(Cc1ccccc1)C(=O)NCC(=O)NC(CS)C(=O)O. The van der Waals surface area contributed by atoms with Crippen molar-refractivity contribution in [2.45, 2.75) is 31.0 Å². The molecule has 0 spiro atoms. The van der Waals surface area contributed by atoms with Crippen LogP contribution in [0.25, 0.3) is 0 Å². The van der Waals surface area contributed by atoms with Gasteiger partial charge in [0.15, 0.2) is 0 Å². The molecule has 0 heterocycles. The van der Waals surface area contributed by atoms with Gasteiger partial charge in [-0.3, -0.25) is 14.4 Å². The van der Waals surface area contributed by atoms with Crippen LogP contribution in [0.5, 0.6) is 0 Å². The highest BCUT2D eigenvalue weighted by molar-refractivity contribution is 7.80. The molecule has 2 rings (SSSR count). The average molecular weight is 473 g/mol. The van der Waals surface area contributed by atoms with Crippen molar-refractivity contribution in [1.29, 1.82) is 0 Å². The van der Waals surface area contributed by atoms with E-state index < -0.39 is 48.4 Å². The van der Waals surface area contributed by atoms with E-state index in [1.165, 1.54) is 0 Å². The summed E-state index contributed by atoms with van der Waals surface area (Å²) >= 11 is 3.88. The van der Waals surface area contributed by atoms with Crippen molar-refractivity contribution >= 4 is 36.3 Å². The van der Waals surface area contributed by atoms with E-state index in [1.54, 1.807) is 0 Å². The zero-order valence-corrected chi connectivity index (χ0v) is 18.8. The lowest BCUT2D eigenvalue weighted by Gasteiger charge is -2.21. The lowest BCUT2D eigenvalue weighted by molar-refractivity contribution is -0.141. The van der Waals surface area contributed by atoms with Gasteiger partial charge in [0.05, 0.1) is 12.6 Å². The maximum Gasteiger partial charge on any atom is 0.327 e. The molecule has 6 N–H and O–H groups in total. The Morgan fingerprint density at radius 2 is 1.36 bits per heavy atom. The molecule has 3 atom stereocenters. The summed E-state index contributed by atoms with van der Waals surface area (Å²) in [6, 6.07) is 15.3. The second kappa shape index (κ2) is 13.2. The topological polar surface area (TPSA) is 151 Å². The van der Waals surface area contributed by atoms with Gasteiger partial charge < -0.3 is 26.8 Å². The van der Waals surface area contributed by atoms with E-state index in [1.807, 2.05) is 60.7 Å². The van der Waals surface area contributed by atoms with E-state index in [9.17, 15) is 19.2 Å². The number of carbonyl (C=O) groups excluding carboxylic acids is 3. The third-order valence-electron chi connectivity index (χ3n) is 4.79. The Kier molecular flexibility index (Phi) is 10.4. The van der Waals surface area contributed by atoms with E-state index in [0.29, 0.717) is 6.42 Å². The van der Waals surface area contributed by atoms with E-state index in [0.717, 1.165) is 11.1 Å². The number of nitrogens with two attached hydrogens (primary N) is 1. The third-order valence-corrected chi connectivity index (χ3v) is 5.16. The maximum atomic E-state index is 12.8. The van der Waals surface area contributed by atoms with Crippen LogP contribution in [0, 0.1) is 0 Å². The molecule has 0 saturated heterocycles. The highest BCUT2D eigenvalue weighted by Gasteiger charge is 2.25. The molecule has 10 heteroatoms. The van der Waals surface area contributed by atoms with Gasteiger partial charge in [-0.15, -0.1) is 0 Å². The average Bonchev–Trinajstić information content (AvgIpc) is 2.81. The van der Waals surface area contributed by atoms with Gasteiger partial charge in [0, 0.05) is 12.2 Å². The van der Waals surface area contributed by atoms with Crippen LogP contribution in [-0.2, 0) is 32.0 Å². The van der Waals surface area contributed by atoms with E-state index in [4.69, 9.17) is 10.8 Å². The van der Waals surface area contributed by atoms with Crippen LogP contribution in [0.2, 0.25) is 0 Å². The van der Waals surface area contributed by atoms with Crippen molar-refractivity contribution in [1.82, 2.24) is 16.0 Å². The standard InChI is InChI=1S/C23H28N4O5S/c24-17(11-15-7-3-1-4-8-15)21(29)27-18(12-16-9-5-2-6-10-16)22(30)25-13-20(28)26-19(14-33)23(31)32/h1-10,17-19,33H,11-14,24H2,(H,25,30)(H,26,28)(H,27,29)(H,31,32). The van der Waals surface area contributed by atoms with E-state index in [2.05, 4.69) is 28.6 Å². The number of carboxylic acid groups (broad SMARTS) is 1. The molecule has 3 amide bonds. The molecule has 9 nitrogen and oxygen atoms in total.